The number of aliphatic hydroxyl groups excluding tert-OH is 3. The van der Waals surface area contributed by atoms with Gasteiger partial charge in [-0.05, 0) is 80.1 Å². The summed E-state index contributed by atoms with van der Waals surface area (Å²) in [6.07, 6.45) is 0.370. The van der Waals surface area contributed by atoms with Gasteiger partial charge in [-0.1, -0.05) is 35.9 Å². The fourth-order valence-electron chi connectivity index (χ4n) is 4.95. The summed E-state index contributed by atoms with van der Waals surface area (Å²) < 4.78 is 11.9. The molecule has 0 aliphatic carbocycles. The van der Waals surface area contributed by atoms with E-state index in [2.05, 4.69) is 11.0 Å². The highest BCUT2D eigenvalue weighted by atomic mass is 35.5. The number of rotatable bonds is 8. The first-order valence-corrected chi connectivity index (χ1v) is 12.7. The number of likely N-dealkylation sites (tertiary alicyclic amines) is 1. The van der Waals surface area contributed by atoms with Gasteiger partial charge in [0, 0.05) is 24.6 Å². The third-order valence-corrected chi connectivity index (χ3v) is 7.41. The SMILES string of the molecule is CCOc1ccc(Cc2cc([C@H]3C[C@@H](O)[C@H](O)[C@@H](CN4CCC(CO)CC4)O3)ccc2Cl)cc1. The molecule has 0 amide bonds. The molecule has 2 aliphatic heterocycles. The van der Waals surface area contributed by atoms with Crippen molar-refractivity contribution in [2.75, 3.05) is 32.8 Å². The second-order valence-electron chi connectivity index (χ2n) is 9.49. The Morgan fingerprint density at radius 1 is 1.09 bits per heavy atom. The number of hydrogen-bond donors (Lipinski definition) is 3. The van der Waals surface area contributed by atoms with E-state index in [0.717, 1.165) is 48.4 Å². The second kappa shape index (κ2) is 11.8. The zero-order chi connectivity index (χ0) is 24.1. The first-order chi connectivity index (χ1) is 16.5. The Bertz CT molecular complexity index is 916. The molecule has 2 saturated heterocycles. The maximum absolute atomic E-state index is 10.6. The molecular weight excluding hydrogens is 454 g/mol. The minimum Gasteiger partial charge on any atom is -0.494 e. The minimum atomic E-state index is -0.914. The van der Waals surface area contributed by atoms with Crippen molar-refractivity contribution in [1.82, 2.24) is 4.90 Å². The Hall–Kier alpha value is -1.67. The Balaban J connectivity index is 1.44. The lowest BCUT2D eigenvalue weighted by atomic mass is 9.91. The zero-order valence-electron chi connectivity index (χ0n) is 19.8. The summed E-state index contributed by atoms with van der Waals surface area (Å²) in [6, 6.07) is 13.9. The maximum atomic E-state index is 10.6. The number of halogens is 1. The molecule has 7 heteroatoms. The van der Waals surface area contributed by atoms with Gasteiger partial charge in [0.15, 0.2) is 0 Å². The molecule has 2 aromatic carbocycles. The Morgan fingerprint density at radius 3 is 2.50 bits per heavy atom. The van der Waals surface area contributed by atoms with Gasteiger partial charge in [-0.2, -0.15) is 0 Å². The van der Waals surface area contributed by atoms with Crippen LogP contribution in [0.15, 0.2) is 42.5 Å². The number of benzene rings is 2. The fraction of sp³-hybridized carbons (Fsp3) is 0.556. The van der Waals surface area contributed by atoms with Crippen molar-refractivity contribution in [1.29, 1.82) is 0 Å². The molecule has 0 radical (unpaired) electrons. The van der Waals surface area contributed by atoms with E-state index in [1.165, 1.54) is 0 Å². The van der Waals surface area contributed by atoms with Crippen molar-refractivity contribution in [2.24, 2.45) is 5.92 Å². The van der Waals surface area contributed by atoms with Crippen molar-refractivity contribution in [3.63, 3.8) is 0 Å². The molecule has 0 unspecified atom stereocenters. The molecule has 4 atom stereocenters. The van der Waals surface area contributed by atoms with Gasteiger partial charge >= 0.3 is 0 Å². The molecule has 3 N–H and O–H groups in total. The standard InChI is InChI=1S/C27H36ClNO5/c1-2-33-22-6-3-18(4-7-22)13-21-14-20(5-8-23(21)28)25-15-24(31)27(32)26(34-25)16-29-11-9-19(17-30)10-12-29/h3-8,14,19,24-27,30-32H,2,9-13,15-17H2,1H3/t24-,25-,26-,27+/m1/s1. The highest BCUT2D eigenvalue weighted by molar-refractivity contribution is 6.31. The quantitative estimate of drug-likeness (QED) is 0.525. The number of nitrogens with zero attached hydrogens (tertiary/aromatic N) is 1. The van der Waals surface area contributed by atoms with Gasteiger partial charge in [-0.3, -0.25) is 0 Å². The zero-order valence-corrected chi connectivity index (χ0v) is 20.5. The Kier molecular flexibility index (Phi) is 8.86. The average molecular weight is 490 g/mol. The third-order valence-electron chi connectivity index (χ3n) is 7.04. The molecular formula is C27H36ClNO5. The van der Waals surface area contributed by atoms with Crippen LogP contribution < -0.4 is 4.74 Å². The van der Waals surface area contributed by atoms with Crippen LogP contribution in [0.1, 0.15) is 49.0 Å². The second-order valence-corrected chi connectivity index (χ2v) is 9.90. The van der Waals surface area contributed by atoms with E-state index < -0.39 is 18.3 Å². The largest absolute Gasteiger partial charge is 0.494 e. The number of aliphatic hydroxyl groups is 3. The van der Waals surface area contributed by atoms with Crippen molar-refractivity contribution < 1.29 is 24.8 Å². The first kappa shape index (κ1) is 25.4. The van der Waals surface area contributed by atoms with Crippen molar-refractivity contribution in [3.8, 4) is 5.75 Å². The van der Waals surface area contributed by atoms with E-state index in [-0.39, 0.29) is 12.7 Å². The van der Waals surface area contributed by atoms with Crippen LogP contribution in [0.2, 0.25) is 5.02 Å². The van der Waals surface area contributed by atoms with Crippen LogP contribution in [0.25, 0.3) is 0 Å². The molecule has 6 nitrogen and oxygen atoms in total. The van der Waals surface area contributed by atoms with Crippen molar-refractivity contribution in [3.05, 3.63) is 64.2 Å². The van der Waals surface area contributed by atoms with Gasteiger partial charge in [0.2, 0.25) is 0 Å². The van der Waals surface area contributed by atoms with Crippen molar-refractivity contribution in [2.45, 2.75) is 57.0 Å². The third kappa shape index (κ3) is 6.30. The Labute approximate surface area is 207 Å². The smallest absolute Gasteiger partial charge is 0.119 e. The number of piperidine rings is 1. The highest BCUT2D eigenvalue weighted by Gasteiger charge is 2.38. The van der Waals surface area contributed by atoms with Crippen LogP contribution in [-0.4, -0.2) is 71.4 Å². The van der Waals surface area contributed by atoms with Crippen molar-refractivity contribution >= 4 is 11.6 Å². The molecule has 2 aromatic rings. The van der Waals surface area contributed by atoms with Crippen LogP contribution in [0.3, 0.4) is 0 Å². The number of ether oxygens (including phenoxy) is 2. The monoisotopic (exact) mass is 489 g/mol. The predicted molar refractivity (Wildman–Crippen MR) is 132 cm³/mol. The van der Waals surface area contributed by atoms with Crippen LogP contribution in [0.5, 0.6) is 5.75 Å². The van der Waals surface area contributed by atoms with Gasteiger partial charge in [0.1, 0.15) is 11.9 Å². The van der Waals surface area contributed by atoms with Gasteiger partial charge in [-0.15, -0.1) is 0 Å². The van der Waals surface area contributed by atoms with Gasteiger partial charge < -0.3 is 29.7 Å². The molecule has 0 saturated carbocycles. The van der Waals surface area contributed by atoms with Gasteiger partial charge in [-0.25, -0.2) is 0 Å². The normalized spacial score (nSPS) is 26.5. The van der Waals surface area contributed by atoms with Crippen LogP contribution in [-0.2, 0) is 11.2 Å². The topological polar surface area (TPSA) is 82.4 Å². The molecule has 0 spiro atoms. The van der Waals surface area contributed by atoms with E-state index in [1.54, 1.807) is 0 Å². The summed E-state index contributed by atoms with van der Waals surface area (Å²) in [5.41, 5.74) is 3.09. The summed E-state index contributed by atoms with van der Waals surface area (Å²) in [5.74, 6) is 1.20. The lowest BCUT2D eigenvalue weighted by molar-refractivity contribution is -0.177. The minimum absolute atomic E-state index is 0.229. The summed E-state index contributed by atoms with van der Waals surface area (Å²) in [5, 5.41) is 31.3. The molecule has 4 rings (SSSR count). The van der Waals surface area contributed by atoms with Gasteiger partial charge in [0.05, 0.1) is 24.9 Å². The molecule has 0 aromatic heterocycles. The summed E-state index contributed by atoms with van der Waals surface area (Å²) in [4.78, 5) is 2.26. The highest BCUT2D eigenvalue weighted by Crippen LogP contribution is 2.35. The molecule has 0 bridgehead atoms. The Morgan fingerprint density at radius 2 is 1.82 bits per heavy atom. The maximum Gasteiger partial charge on any atom is 0.119 e. The molecule has 2 heterocycles. The molecule has 2 fully saturated rings. The van der Waals surface area contributed by atoms with E-state index >= 15 is 0 Å². The lowest BCUT2D eigenvalue weighted by Crippen LogP contribution is -2.52. The fourth-order valence-corrected chi connectivity index (χ4v) is 5.13. The molecule has 186 valence electrons. The van der Waals surface area contributed by atoms with E-state index in [1.807, 2.05) is 43.3 Å². The van der Waals surface area contributed by atoms with Crippen LogP contribution >= 0.6 is 11.6 Å². The predicted octanol–water partition coefficient (Wildman–Crippen LogP) is 3.59. The molecule has 2 aliphatic rings. The lowest BCUT2D eigenvalue weighted by Gasteiger charge is -2.41. The summed E-state index contributed by atoms with van der Waals surface area (Å²) in [7, 11) is 0. The first-order valence-electron chi connectivity index (χ1n) is 12.3. The van der Waals surface area contributed by atoms with Crippen LogP contribution in [0, 0.1) is 5.92 Å². The van der Waals surface area contributed by atoms with Crippen LogP contribution in [0.4, 0.5) is 0 Å². The summed E-state index contributed by atoms with van der Waals surface area (Å²) >= 11 is 6.52. The molecule has 34 heavy (non-hydrogen) atoms. The van der Waals surface area contributed by atoms with Gasteiger partial charge in [0.25, 0.3) is 0 Å². The average Bonchev–Trinajstić information content (AvgIpc) is 2.85. The van der Waals surface area contributed by atoms with E-state index in [9.17, 15) is 15.3 Å². The summed E-state index contributed by atoms with van der Waals surface area (Å²) in [6.45, 7) is 5.13. The number of hydrogen-bond acceptors (Lipinski definition) is 6. The van der Waals surface area contributed by atoms with E-state index in [0.29, 0.717) is 36.9 Å². The van der Waals surface area contributed by atoms with E-state index in [4.69, 9.17) is 21.1 Å².